The molecule has 0 heterocycles. The number of hydrogen-bond acceptors (Lipinski definition) is 1. The van der Waals surface area contributed by atoms with Crippen LogP contribution in [0.15, 0.2) is 42.5 Å². The summed E-state index contributed by atoms with van der Waals surface area (Å²) in [7, 11) is 0. The van der Waals surface area contributed by atoms with Crippen LogP contribution in [-0.2, 0) is 11.2 Å². The predicted octanol–water partition coefficient (Wildman–Crippen LogP) is 4.70. The molecule has 0 saturated carbocycles. The number of aryl methyl sites for hydroxylation is 1. The van der Waals surface area contributed by atoms with E-state index in [1.807, 2.05) is 0 Å². The fourth-order valence-electron chi connectivity index (χ4n) is 1.80. The predicted molar refractivity (Wildman–Crippen MR) is 79.8 cm³/mol. The van der Waals surface area contributed by atoms with Gasteiger partial charge in [-0.3, -0.25) is 4.79 Å². The summed E-state index contributed by atoms with van der Waals surface area (Å²) < 4.78 is 13.4. The van der Waals surface area contributed by atoms with E-state index in [1.54, 1.807) is 36.4 Å². The number of anilines is 1. The molecule has 0 unspecified atom stereocenters. The van der Waals surface area contributed by atoms with Crippen LogP contribution in [0.4, 0.5) is 10.1 Å². The summed E-state index contributed by atoms with van der Waals surface area (Å²) in [5.41, 5.74) is 1.05. The Kier molecular flexibility index (Phi) is 4.99. The van der Waals surface area contributed by atoms with Crippen LogP contribution in [0.2, 0.25) is 10.0 Å². The molecule has 0 atom stereocenters. The van der Waals surface area contributed by atoms with Crippen molar-refractivity contribution in [1.29, 1.82) is 0 Å². The van der Waals surface area contributed by atoms with E-state index in [0.717, 1.165) is 0 Å². The normalized spacial score (nSPS) is 10.3. The van der Waals surface area contributed by atoms with E-state index in [-0.39, 0.29) is 18.1 Å². The maximum Gasteiger partial charge on any atom is 0.224 e. The first-order chi connectivity index (χ1) is 9.54. The third kappa shape index (κ3) is 4.22. The Hall–Kier alpha value is -1.58. The van der Waals surface area contributed by atoms with Gasteiger partial charge in [-0.25, -0.2) is 4.39 Å². The van der Waals surface area contributed by atoms with Gasteiger partial charge < -0.3 is 5.32 Å². The molecule has 0 saturated heterocycles. The Morgan fingerprint density at radius 3 is 2.40 bits per heavy atom. The summed E-state index contributed by atoms with van der Waals surface area (Å²) in [6, 6.07) is 11.2. The van der Waals surface area contributed by atoms with Crippen molar-refractivity contribution in [2.45, 2.75) is 12.8 Å². The molecule has 0 spiro atoms. The highest BCUT2D eigenvalue weighted by Gasteiger charge is 2.07. The standard InChI is InChI=1S/C15H12Cl2FNO/c16-11-7-12(17)9-13(8-11)19-15(20)6-5-10-3-1-2-4-14(10)18/h1-4,7-9H,5-6H2,(H,19,20). The van der Waals surface area contributed by atoms with Crippen molar-refractivity contribution in [2.75, 3.05) is 5.32 Å². The Balaban J connectivity index is 1.94. The molecular weight excluding hydrogens is 300 g/mol. The highest BCUT2D eigenvalue weighted by Crippen LogP contribution is 2.22. The van der Waals surface area contributed by atoms with Crippen LogP contribution in [0.3, 0.4) is 0 Å². The molecular formula is C15H12Cl2FNO. The van der Waals surface area contributed by atoms with Gasteiger partial charge in [-0.1, -0.05) is 41.4 Å². The second-order valence-electron chi connectivity index (χ2n) is 4.30. The number of carbonyl (C=O) groups is 1. The first-order valence-electron chi connectivity index (χ1n) is 6.04. The molecule has 5 heteroatoms. The molecule has 2 rings (SSSR count). The molecule has 104 valence electrons. The lowest BCUT2D eigenvalue weighted by Crippen LogP contribution is -2.12. The van der Waals surface area contributed by atoms with Crippen molar-refractivity contribution in [3.8, 4) is 0 Å². The van der Waals surface area contributed by atoms with Crippen molar-refractivity contribution >= 4 is 34.8 Å². The van der Waals surface area contributed by atoms with Gasteiger partial charge in [-0.2, -0.15) is 0 Å². The average Bonchev–Trinajstić information content (AvgIpc) is 2.36. The minimum atomic E-state index is -0.300. The third-order valence-corrected chi connectivity index (χ3v) is 3.16. The molecule has 0 aliphatic heterocycles. The molecule has 0 bridgehead atoms. The lowest BCUT2D eigenvalue weighted by molar-refractivity contribution is -0.116. The Labute approximate surface area is 126 Å². The number of rotatable bonds is 4. The van der Waals surface area contributed by atoms with E-state index in [4.69, 9.17) is 23.2 Å². The van der Waals surface area contributed by atoms with E-state index in [2.05, 4.69) is 5.32 Å². The second-order valence-corrected chi connectivity index (χ2v) is 5.17. The summed E-state index contributed by atoms with van der Waals surface area (Å²) in [4.78, 5) is 11.8. The summed E-state index contributed by atoms with van der Waals surface area (Å²) in [6.07, 6.45) is 0.526. The number of carbonyl (C=O) groups excluding carboxylic acids is 1. The number of nitrogens with one attached hydrogen (secondary N) is 1. The number of amides is 1. The molecule has 2 aromatic carbocycles. The van der Waals surface area contributed by atoms with Gasteiger partial charge in [0.15, 0.2) is 0 Å². The van der Waals surface area contributed by atoms with Crippen LogP contribution >= 0.6 is 23.2 Å². The summed E-state index contributed by atoms with van der Waals surface area (Å²) in [6.45, 7) is 0. The van der Waals surface area contributed by atoms with Gasteiger partial charge in [0.1, 0.15) is 5.82 Å². The first-order valence-corrected chi connectivity index (χ1v) is 6.79. The number of halogens is 3. The Morgan fingerprint density at radius 1 is 1.10 bits per heavy atom. The molecule has 0 aliphatic carbocycles. The zero-order chi connectivity index (χ0) is 14.5. The maximum absolute atomic E-state index is 13.4. The van der Waals surface area contributed by atoms with Crippen molar-refractivity contribution in [2.24, 2.45) is 0 Å². The summed E-state index contributed by atoms with van der Waals surface area (Å²) >= 11 is 11.7. The monoisotopic (exact) mass is 311 g/mol. The quantitative estimate of drug-likeness (QED) is 0.871. The average molecular weight is 312 g/mol. The summed E-state index contributed by atoms with van der Waals surface area (Å²) in [5.74, 6) is -0.516. The molecule has 0 aliphatic rings. The van der Waals surface area contributed by atoms with Crippen molar-refractivity contribution in [3.63, 3.8) is 0 Å². The molecule has 1 N–H and O–H groups in total. The maximum atomic E-state index is 13.4. The van der Waals surface area contributed by atoms with Gasteiger partial charge in [0, 0.05) is 22.2 Å². The third-order valence-electron chi connectivity index (χ3n) is 2.73. The van der Waals surface area contributed by atoms with E-state index in [1.165, 1.54) is 6.07 Å². The molecule has 0 fully saturated rings. The van der Waals surface area contributed by atoms with Gasteiger partial charge in [0.25, 0.3) is 0 Å². The molecule has 20 heavy (non-hydrogen) atoms. The number of benzene rings is 2. The second kappa shape index (κ2) is 6.73. The van der Waals surface area contributed by atoms with E-state index in [0.29, 0.717) is 27.7 Å². The van der Waals surface area contributed by atoms with Crippen LogP contribution in [0.25, 0.3) is 0 Å². The number of hydrogen-bond donors (Lipinski definition) is 1. The lowest BCUT2D eigenvalue weighted by atomic mass is 10.1. The largest absolute Gasteiger partial charge is 0.326 e. The Bertz CT molecular complexity index is 611. The zero-order valence-electron chi connectivity index (χ0n) is 10.5. The van der Waals surface area contributed by atoms with Crippen LogP contribution in [0.5, 0.6) is 0 Å². The fraction of sp³-hybridized carbons (Fsp3) is 0.133. The lowest BCUT2D eigenvalue weighted by Gasteiger charge is -2.07. The van der Waals surface area contributed by atoms with Crippen LogP contribution in [-0.4, -0.2) is 5.91 Å². The van der Waals surface area contributed by atoms with Gasteiger partial charge in [0.2, 0.25) is 5.91 Å². The van der Waals surface area contributed by atoms with E-state index in [9.17, 15) is 9.18 Å². The Morgan fingerprint density at radius 2 is 1.75 bits per heavy atom. The minimum absolute atomic E-state index is 0.186. The molecule has 1 amide bonds. The summed E-state index contributed by atoms with van der Waals surface area (Å²) in [5, 5.41) is 3.58. The fourth-order valence-corrected chi connectivity index (χ4v) is 2.32. The van der Waals surface area contributed by atoms with Crippen LogP contribution < -0.4 is 5.32 Å². The molecule has 2 nitrogen and oxygen atoms in total. The van der Waals surface area contributed by atoms with E-state index >= 15 is 0 Å². The topological polar surface area (TPSA) is 29.1 Å². The van der Waals surface area contributed by atoms with Gasteiger partial charge in [-0.15, -0.1) is 0 Å². The minimum Gasteiger partial charge on any atom is -0.326 e. The van der Waals surface area contributed by atoms with Gasteiger partial charge >= 0.3 is 0 Å². The van der Waals surface area contributed by atoms with Crippen molar-refractivity contribution < 1.29 is 9.18 Å². The van der Waals surface area contributed by atoms with Gasteiger partial charge in [0.05, 0.1) is 0 Å². The van der Waals surface area contributed by atoms with Gasteiger partial charge in [-0.05, 0) is 36.2 Å². The first kappa shape index (κ1) is 14.8. The van der Waals surface area contributed by atoms with Crippen molar-refractivity contribution in [3.05, 3.63) is 63.9 Å². The zero-order valence-corrected chi connectivity index (χ0v) is 12.0. The smallest absolute Gasteiger partial charge is 0.224 e. The van der Waals surface area contributed by atoms with Crippen molar-refractivity contribution in [1.82, 2.24) is 0 Å². The van der Waals surface area contributed by atoms with E-state index < -0.39 is 0 Å². The molecule has 0 radical (unpaired) electrons. The van der Waals surface area contributed by atoms with Crippen LogP contribution in [0.1, 0.15) is 12.0 Å². The molecule has 2 aromatic rings. The molecule has 0 aromatic heterocycles. The SMILES string of the molecule is O=C(CCc1ccccc1F)Nc1cc(Cl)cc(Cl)c1. The highest BCUT2D eigenvalue weighted by molar-refractivity contribution is 6.35. The highest BCUT2D eigenvalue weighted by atomic mass is 35.5. The van der Waals surface area contributed by atoms with Crippen LogP contribution in [0, 0.1) is 5.82 Å².